The van der Waals surface area contributed by atoms with Gasteiger partial charge in [-0.15, -0.1) is 0 Å². The van der Waals surface area contributed by atoms with Crippen molar-refractivity contribution in [2.75, 3.05) is 0 Å². The highest BCUT2D eigenvalue weighted by Gasteiger charge is 2.49. The van der Waals surface area contributed by atoms with Crippen molar-refractivity contribution in [3.05, 3.63) is 35.4 Å². The molecule has 0 saturated heterocycles. The van der Waals surface area contributed by atoms with Crippen LogP contribution in [0.25, 0.3) is 0 Å². The molecule has 1 aromatic carbocycles. The van der Waals surface area contributed by atoms with E-state index in [1.165, 1.54) is 0 Å². The van der Waals surface area contributed by atoms with E-state index in [0.29, 0.717) is 5.56 Å². The van der Waals surface area contributed by atoms with E-state index in [4.69, 9.17) is 7.48 Å². The third-order valence-electron chi connectivity index (χ3n) is 3.76. The number of benzene rings is 1. The molecule has 0 radical (unpaired) electrons. The summed E-state index contributed by atoms with van der Waals surface area (Å²) in [7, 11) is 0. The molecule has 1 aliphatic carbocycles. The molecular formula is C17H24NO+. The van der Waals surface area contributed by atoms with E-state index in [1.54, 1.807) is 0 Å². The second kappa shape index (κ2) is 4.66. The van der Waals surface area contributed by atoms with Gasteiger partial charge in [0.25, 0.3) is 0 Å². The van der Waals surface area contributed by atoms with E-state index in [9.17, 15) is 1.37 Å². The fraction of sp³-hybridized carbons (Fsp3) is 0.588. The molecular weight excluding hydrogens is 234 g/mol. The molecule has 0 bridgehead atoms. The van der Waals surface area contributed by atoms with Crippen LogP contribution in [-0.2, 0) is 11.1 Å². The van der Waals surface area contributed by atoms with Crippen LogP contribution in [0.1, 0.15) is 55.4 Å². The summed E-state index contributed by atoms with van der Waals surface area (Å²) in [5, 5.41) is 0. The SMILES string of the molecule is [2H]C1([2H])C[C@H]2OC(C(C)C)=[N+](C(C)C)[C@@]2([2H])c2ccccc21. The van der Waals surface area contributed by atoms with Crippen molar-refractivity contribution in [1.29, 1.82) is 0 Å². The van der Waals surface area contributed by atoms with Gasteiger partial charge in [0.1, 0.15) is 1.37 Å². The van der Waals surface area contributed by atoms with Gasteiger partial charge < -0.3 is 4.74 Å². The first-order valence-corrected chi connectivity index (χ1v) is 7.12. The minimum atomic E-state index is -1.46. The van der Waals surface area contributed by atoms with Gasteiger partial charge in [0.05, 0.1) is 5.92 Å². The van der Waals surface area contributed by atoms with Crippen LogP contribution in [0.2, 0.25) is 0 Å². The molecule has 0 fully saturated rings. The van der Waals surface area contributed by atoms with Crippen LogP contribution >= 0.6 is 0 Å². The Bertz CT molecular complexity index is 639. The molecule has 0 spiro atoms. The molecule has 1 aromatic rings. The molecule has 0 aromatic heterocycles. The first-order chi connectivity index (χ1) is 10.2. The lowest BCUT2D eigenvalue weighted by Gasteiger charge is -2.25. The number of ether oxygens (including phenoxy) is 1. The topological polar surface area (TPSA) is 12.2 Å². The molecule has 2 heteroatoms. The second-order valence-corrected chi connectivity index (χ2v) is 5.87. The van der Waals surface area contributed by atoms with Gasteiger partial charge in [-0.1, -0.05) is 24.3 Å². The van der Waals surface area contributed by atoms with Crippen LogP contribution in [0.15, 0.2) is 24.3 Å². The molecule has 19 heavy (non-hydrogen) atoms. The van der Waals surface area contributed by atoms with Crippen LogP contribution in [0.3, 0.4) is 0 Å². The van der Waals surface area contributed by atoms with Crippen LogP contribution < -0.4 is 0 Å². The molecule has 0 N–H and O–H groups in total. The van der Waals surface area contributed by atoms with Crippen molar-refractivity contribution < 1.29 is 13.4 Å². The van der Waals surface area contributed by atoms with Gasteiger partial charge in [0.15, 0.2) is 12.1 Å². The van der Waals surface area contributed by atoms with E-state index in [0.717, 1.165) is 11.5 Å². The van der Waals surface area contributed by atoms with E-state index in [-0.39, 0.29) is 18.4 Å². The number of hydrogen-bond acceptors (Lipinski definition) is 1. The lowest BCUT2D eigenvalue weighted by molar-refractivity contribution is -0.597. The summed E-state index contributed by atoms with van der Waals surface area (Å²) in [5.41, 5.74) is 1.36. The predicted octanol–water partition coefficient (Wildman–Crippen LogP) is 3.55. The Morgan fingerprint density at radius 1 is 1.32 bits per heavy atom. The van der Waals surface area contributed by atoms with Crippen molar-refractivity contribution in [3.8, 4) is 0 Å². The summed E-state index contributed by atoms with van der Waals surface area (Å²) in [6.07, 6.45) is -1.72. The van der Waals surface area contributed by atoms with Gasteiger partial charge in [-0.25, -0.2) is 0 Å². The van der Waals surface area contributed by atoms with Crippen LogP contribution in [0, 0.1) is 5.92 Å². The van der Waals surface area contributed by atoms with Gasteiger partial charge >= 0.3 is 5.90 Å². The Labute approximate surface area is 120 Å². The third kappa shape index (κ3) is 1.98. The zero-order valence-corrected chi connectivity index (χ0v) is 12.1. The van der Waals surface area contributed by atoms with Crippen LogP contribution in [-0.4, -0.2) is 22.6 Å². The lowest BCUT2D eigenvalue weighted by atomic mass is 9.85. The molecule has 0 unspecified atom stereocenters. The molecule has 2 atom stereocenters. The van der Waals surface area contributed by atoms with Crippen LogP contribution in [0.4, 0.5) is 0 Å². The molecule has 0 amide bonds. The molecule has 2 aliphatic rings. The minimum absolute atomic E-state index is 0.122. The molecule has 1 heterocycles. The van der Waals surface area contributed by atoms with Crippen LogP contribution in [0.5, 0.6) is 0 Å². The molecule has 2 nitrogen and oxygen atoms in total. The Morgan fingerprint density at radius 3 is 2.74 bits per heavy atom. The molecule has 0 saturated carbocycles. The van der Waals surface area contributed by atoms with Crippen molar-refractivity contribution in [3.63, 3.8) is 0 Å². The molecule has 3 rings (SSSR count). The molecule has 1 aliphatic heterocycles. The van der Waals surface area contributed by atoms with E-state index >= 15 is 0 Å². The number of rotatable bonds is 2. The predicted molar refractivity (Wildman–Crippen MR) is 77.6 cm³/mol. The first-order valence-electron chi connectivity index (χ1n) is 8.62. The van der Waals surface area contributed by atoms with Gasteiger partial charge in [-0.05, 0) is 46.1 Å². The maximum Gasteiger partial charge on any atom is 0.340 e. The zero-order valence-electron chi connectivity index (χ0n) is 15.1. The zero-order chi connectivity index (χ0) is 16.3. The van der Waals surface area contributed by atoms with E-state index in [2.05, 4.69) is 27.7 Å². The maximum absolute atomic E-state index is 9.22. The van der Waals surface area contributed by atoms with E-state index in [1.807, 2.05) is 28.8 Å². The van der Waals surface area contributed by atoms with Gasteiger partial charge in [-0.2, -0.15) is 4.58 Å². The maximum atomic E-state index is 9.22. The average molecular weight is 261 g/mol. The second-order valence-electron chi connectivity index (χ2n) is 5.87. The summed E-state index contributed by atoms with van der Waals surface area (Å²) < 4.78 is 34.1. The van der Waals surface area contributed by atoms with E-state index < -0.39 is 18.5 Å². The minimum Gasteiger partial charge on any atom is -0.437 e. The standard InChI is InChI=1S/C17H24NO/c1-11(2)17-18(12(3)4)16-14-8-6-5-7-13(14)9-10-15(16)19-17/h5-8,11-12,15-16H,9-10H2,1-4H3/q+1/t15-,16+/m1/s1/i9D2,16D. The summed E-state index contributed by atoms with van der Waals surface area (Å²) >= 11 is 0. The number of hydrogen-bond donors (Lipinski definition) is 0. The Kier molecular flexibility index (Phi) is 2.35. The van der Waals surface area contributed by atoms with Gasteiger partial charge in [0.2, 0.25) is 6.02 Å². The fourth-order valence-electron chi connectivity index (χ4n) is 2.98. The first kappa shape index (κ1) is 9.57. The Morgan fingerprint density at radius 2 is 2.05 bits per heavy atom. The highest BCUT2D eigenvalue weighted by molar-refractivity contribution is 5.74. The fourth-order valence-corrected chi connectivity index (χ4v) is 2.98. The number of aryl methyl sites for hydroxylation is 1. The van der Waals surface area contributed by atoms with Crippen molar-refractivity contribution in [2.45, 2.75) is 58.7 Å². The highest BCUT2D eigenvalue weighted by atomic mass is 16.5. The monoisotopic (exact) mass is 261 g/mol. The van der Waals surface area contributed by atoms with Crippen molar-refractivity contribution >= 4 is 5.90 Å². The smallest absolute Gasteiger partial charge is 0.340 e. The normalized spacial score (nSPS) is 34.4. The quantitative estimate of drug-likeness (QED) is 0.742. The lowest BCUT2D eigenvalue weighted by Crippen LogP contribution is -2.33. The number of fused-ring (bicyclic) bond motifs is 3. The highest BCUT2D eigenvalue weighted by Crippen LogP contribution is 2.39. The average Bonchev–Trinajstić information content (AvgIpc) is 2.73. The molecule has 102 valence electrons. The largest absolute Gasteiger partial charge is 0.437 e. The van der Waals surface area contributed by atoms with Gasteiger partial charge in [0, 0.05) is 8.30 Å². The Hall–Kier alpha value is -1.31. The van der Waals surface area contributed by atoms with Crippen molar-refractivity contribution in [2.24, 2.45) is 5.92 Å². The third-order valence-corrected chi connectivity index (χ3v) is 3.76. The Balaban J connectivity index is 2.27. The number of nitrogens with zero attached hydrogens (tertiary/aromatic N) is 1. The van der Waals surface area contributed by atoms with Crippen molar-refractivity contribution in [1.82, 2.24) is 0 Å². The summed E-state index contributed by atoms with van der Waals surface area (Å²) in [6.45, 7) is 8.25. The summed E-state index contributed by atoms with van der Waals surface area (Å²) in [6, 6.07) is 6.51. The summed E-state index contributed by atoms with van der Waals surface area (Å²) in [4.78, 5) is 0. The summed E-state index contributed by atoms with van der Waals surface area (Å²) in [5.74, 6) is 0.982. The van der Waals surface area contributed by atoms with Gasteiger partial charge in [-0.3, -0.25) is 0 Å².